The standard InChI is InChI=1S/C31H28O10S/c1-19(32)40-23-13-10-21(11-14-23)28-27(37-2)17-24(30(38-3)29(28)31(33)34)22-12-15-25(26(16-22)41-42(4,35)36)39-18-20-8-6-5-7-9-20/h5-17H,18H2,1-4H3,(H,33,34). The van der Waals surface area contributed by atoms with Crippen molar-refractivity contribution in [1.29, 1.82) is 0 Å². The Morgan fingerprint density at radius 1 is 0.810 bits per heavy atom. The molecule has 4 aromatic carbocycles. The maximum atomic E-state index is 12.6. The lowest BCUT2D eigenvalue weighted by molar-refractivity contribution is -0.131. The summed E-state index contributed by atoms with van der Waals surface area (Å²) in [6.45, 7) is 1.43. The molecule has 0 saturated carbocycles. The summed E-state index contributed by atoms with van der Waals surface area (Å²) in [5.41, 5.74) is 2.06. The quantitative estimate of drug-likeness (QED) is 0.134. The van der Waals surface area contributed by atoms with E-state index in [9.17, 15) is 23.1 Å². The molecule has 0 atom stereocenters. The average Bonchev–Trinajstić information content (AvgIpc) is 2.95. The Morgan fingerprint density at radius 2 is 1.48 bits per heavy atom. The summed E-state index contributed by atoms with van der Waals surface area (Å²) in [5, 5.41) is 10.3. The van der Waals surface area contributed by atoms with E-state index in [-0.39, 0.29) is 40.7 Å². The number of benzene rings is 4. The molecule has 0 saturated heterocycles. The highest BCUT2D eigenvalue weighted by Crippen LogP contribution is 2.46. The van der Waals surface area contributed by atoms with Crippen molar-refractivity contribution in [2.24, 2.45) is 0 Å². The van der Waals surface area contributed by atoms with E-state index in [0.29, 0.717) is 22.4 Å². The number of carbonyl (C=O) groups is 2. The molecule has 0 heterocycles. The number of esters is 1. The SMILES string of the molecule is COc1cc(-c2ccc(OCc3ccccc3)c(OS(C)(=O)=O)c2)c(OC)c(C(=O)O)c1-c1ccc(OC(C)=O)cc1. The Labute approximate surface area is 243 Å². The second-order valence-corrected chi connectivity index (χ2v) is 10.6. The third-order valence-electron chi connectivity index (χ3n) is 6.02. The summed E-state index contributed by atoms with van der Waals surface area (Å²) in [4.78, 5) is 23.9. The van der Waals surface area contributed by atoms with Crippen LogP contribution >= 0.6 is 0 Å². The smallest absolute Gasteiger partial charge is 0.340 e. The first-order valence-corrected chi connectivity index (χ1v) is 14.3. The van der Waals surface area contributed by atoms with Crippen LogP contribution in [-0.4, -0.2) is 45.9 Å². The van der Waals surface area contributed by atoms with Crippen LogP contribution in [0.4, 0.5) is 0 Å². The van der Waals surface area contributed by atoms with Crippen molar-refractivity contribution in [3.8, 4) is 51.0 Å². The maximum Gasteiger partial charge on any atom is 0.340 e. The van der Waals surface area contributed by atoms with Crippen LogP contribution in [0, 0.1) is 0 Å². The topological polar surface area (TPSA) is 135 Å². The summed E-state index contributed by atoms with van der Waals surface area (Å²) in [6.07, 6.45) is 0.911. The van der Waals surface area contributed by atoms with Gasteiger partial charge in [-0.15, -0.1) is 0 Å². The van der Waals surface area contributed by atoms with Gasteiger partial charge in [0.2, 0.25) is 0 Å². The van der Waals surface area contributed by atoms with Gasteiger partial charge in [-0.25, -0.2) is 4.79 Å². The van der Waals surface area contributed by atoms with E-state index in [1.54, 1.807) is 24.3 Å². The monoisotopic (exact) mass is 592 g/mol. The molecule has 0 amide bonds. The molecule has 0 unspecified atom stereocenters. The predicted molar refractivity (Wildman–Crippen MR) is 155 cm³/mol. The summed E-state index contributed by atoms with van der Waals surface area (Å²) in [7, 11) is -1.22. The van der Waals surface area contributed by atoms with Gasteiger partial charge in [-0.2, -0.15) is 8.42 Å². The summed E-state index contributed by atoms with van der Waals surface area (Å²) in [5.74, 6) is -1.20. The third-order valence-corrected chi connectivity index (χ3v) is 6.50. The van der Waals surface area contributed by atoms with Gasteiger partial charge in [0, 0.05) is 18.1 Å². The molecule has 42 heavy (non-hydrogen) atoms. The van der Waals surface area contributed by atoms with Gasteiger partial charge in [-0.05, 0) is 47.0 Å². The second-order valence-electron chi connectivity index (χ2n) is 9.06. The normalized spacial score (nSPS) is 11.0. The molecule has 4 aromatic rings. The molecule has 0 bridgehead atoms. The van der Waals surface area contributed by atoms with Crippen molar-refractivity contribution in [2.45, 2.75) is 13.5 Å². The van der Waals surface area contributed by atoms with Gasteiger partial charge in [0.05, 0.1) is 20.5 Å². The van der Waals surface area contributed by atoms with E-state index in [1.807, 2.05) is 30.3 Å². The fraction of sp³-hybridized carbons (Fsp3) is 0.161. The van der Waals surface area contributed by atoms with Gasteiger partial charge in [-0.3, -0.25) is 4.79 Å². The lowest BCUT2D eigenvalue weighted by atomic mass is 9.92. The Balaban J connectivity index is 1.86. The molecule has 0 spiro atoms. The number of aromatic carboxylic acids is 1. The van der Waals surface area contributed by atoms with Crippen molar-refractivity contribution in [1.82, 2.24) is 0 Å². The van der Waals surface area contributed by atoms with Gasteiger partial charge in [0.1, 0.15) is 29.4 Å². The fourth-order valence-corrected chi connectivity index (χ4v) is 4.79. The number of carboxylic acids is 1. The minimum Gasteiger partial charge on any atom is -0.496 e. The molecular formula is C31H28O10S. The molecule has 1 N–H and O–H groups in total. The molecule has 0 radical (unpaired) electrons. The molecule has 0 aliphatic heterocycles. The van der Waals surface area contributed by atoms with Crippen molar-refractivity contribution in [3.05, 3.63) is 90.0 Å². The number of hydrogen-bond donors (Lipinski definition) is 1. The highest BCUT2D eigenvalue weighted by atomic mass is 32.2. The van der Waals surface area contributed by atoms with Crippen LogP contribution in [0.3, 0.4) is 0 Å². The highest BCUT2D eigenvalue weighted by Gasteiger charge is 2.27. The van der Waals surface area contributed by atoms with E-state index in [4.69, 9.17) is 23.1 Å². The Kier molecular flexibility index (Phi) is 9.02. The van der Waals surface area contributed by atoms with Crippen LogP contribution in [0.1, 0.15) is 22.8 Å². The second kappa shape index (κ2) is 12.6. The van der Waals surface area contributed by atoms with Gasteiger partial charge < -0.3 is 28.2 Å². The molecule has 0 aliphatic rings. The maximum absolute atomic E-state index is 12.6. The van der Waals surface area contributed by atoms with Gasteiger partial charge >= 0.3 is 22.1 Å². The van der Waals surface area contributed by atoms with E-state index >= 15 is 0 Å². The Hall–Kier alpha value is -5.03. The minimum atomic E-state index is -3.95. The summed E-state index contributed by atoms with van der Waals surface area (Å²) >= 11 is 0. The molecular weight excluding hydrogens is 564 g/mol. The first kappa shape index (κ1) is 29.9. The molecule has 10 nitrogen and oxygen atoms in total. The van der Waals surface area contributed by atoms with E-state index in [1.165, 1.54) is 45.4 Å². The van der Waals surface area contributed by atoms with Crippen LogP contribution < -0.4 is 23.1 Å². The zero-order valence-corrected chi connectivity index (χ0v) is 24.1. The zero-order valence-electron chi connectivity index (χ0n) is 23.2. The molecule has 0 aromatic heterocycles. The van der Waals surface area contributed by atoms with Crippen molar-refractivity contribution >= 4 is 22.1 Å². The third kappa shape index (κ3) is 6.99. The molecule has 11 heteroatoms. The number of methoxy groups -OCH3 is 2. The zero-order chi connectivity index (χ0) is 30.4. The lowest BCUT2D eigenvalue weighted by Crippen LogP contribution is -2.09. The number of hydrogen-bond acceptors (Lipinski definition) is 9. The predicted octanol–water partition coefficient (Wildman–Crippen LogP) is 5.58. The van der Waals surface area contributed by atoms with Crippen LogP contribution in [-0.2, 0) is 21.5 Å². The summed E-state index contributed by atoms with van der Waals surface area (Å²) in [6, 6.07) is 21.7. The molecule has 0 aliphatic carbocycles. The van der Waals surface area contributed by atoms with Crippen molar-refractivity contribution in [2.75, 3.05) is 20.5 Å². The summed E-state index contributed by atoms with van der Waals surface area (Å²) < 4.78 is 51.6. The fourth-order valence-electron chi connectivity index (χ4n) is 4.33. The first-order valence-electron chi connectivity index (χ1n) is 12.5. The minimum absolute atomic E-state index is 0.00521. The van der Waals surface area contributed by atoms with Gasteiger partial charge in [0.15, 0.2) is 11.5 Å². The molecule has 0 fully saturated rings. The van der Waals surface area contributed by atoms with Crippen LogP contribution in [0.2, 0.25) is 0 Å². The van der Waals surface area contributed by atoms with E-state index in [2.05, 4.69) is 0 Å². The van der Waals surface area contributed by atoms with Gasteiger partial charge in [0.25, 0.3) is 0 Å². The first-order chi connectivity index (χ1) is 20.0. The Bertz CT molecular complexity index is 1710. The number of rotatable bonds is 11. The largest absolute Gasteiger partial charge is 0.496 e. The van der Waals surface area contributed by atoms with E-state index in [0.717, 1.165) is 11.8 Å². The highest BCUT2D eigenvalue weighted by molar-refractivity contribution is 7.86. The molecule has 4 rings (SSSR count). The van der Waals surface area contributed by atoms with E-state index < -0.39 is 22.1 Å². The van der Waals surface area contributed by atoms with Crippen LogP contribution in [0.15, 0.2) is 78.9 Å². The van der Waals surface area contributed by atoms with Crippen molar-refractivity contribution < 1.29 is 46.2 Å². The number of carbonyl (C=O) groups excluding carboxylic acids is 1. The van der Waals surface area contributed by atoms with Crippen molar-refractivity contribution in [3.63, 3.8) is 0 Å². The average molecular weight is 593 g/mol. The van der Waals surface area contributed by atoms with Crippen LogP contribution in [0.5, 0.6) is 28.7 Å². The molecule has 218 valence electrons. The Morgan fingerprint density at radius 3 is 2.05 bits per heavy atom. The number of ether oxygens (including phenoxy) is 4. The van der Waals surface area contributed by atoms with Crippen LogP contribution in [0.25, 0.3) is 22.3 Å². The lowest BCUT2D eigenvalue weighted by Gasteiger charge is -2.20. The number of carboxylic acid groups (broad SMARTS) is 1. The van der Waals surface area contributed by atoms with Gasteiger partial charge in [-0.1, -0.05) is 48.5 Å².